The van der Waals surface area contributed by atoms with Gasteiger partial charge < -0.3 is 5.11 Å². The van der Waals surface area contributed by atoms with Crippen molar-refractivity contribution in [2.45, 2.75) is 6.92 Å². The summed E-state index contributed by atoms with van der Waals surface area (Å²) in [6, 6.07) is 5.36. The van der Waals surface area contributed by atoms with Crippen LogP contribution in [-0.4, -0.2) is 20.5 Å². The van der Waals surface area contributed by atoms with E-state index in [0.29, 0.717) is 11.3 Å². The van der Waals surface area contributed by atoms with Crippen LogP contribution >= 0.6 is 15.9 Å². The lowest BCUT2D eigenvalue weighted by molar-refractivity contribution is 0.0693. The Morgan fingerprint density at radius 3 is 2.93 bits per heavy atom. The van der Waals surface area contributed by atoms with Crippen molar-refractivity contribution in [3.63, 3.8) is 0 Å². The van der Waals surface area contributed by atoms with Crippen molar-refractivity contribution in [1.82, 2.24) is 9.38 Å². The molecule has 1 N–H and O–H groups in total. The van der Waals surface area contributed by atoms with Gasteiger partial charge in [-0.15, -0.1) is 0 Å². The highest BCUT2D eigenvalue weighted by Crippen LogP contribution is 2.19. The van der Waals surface area contributed by atoms with Gasteiger partial charge in [0.1, 0.15) is 5.82 Å². The van der Waals surface area contributed by atoms with Crippen molar-refractivity contribution in [1.29, 1.82) is 0 Å². The summed E-state index contributed by atoms with van der Waals surface area (Å²) < 4.78 is 2.55. The number of aromatic nitrogens is 2. The standard InChI is InChI=1S/C9H7BrN2O2/c1-5-11-8(9(13)14)6-3-2-4-7(10)12(5)6/h2-4H,1H3,(H,13,14). The second-order valence-electron chi connectivity index (χ2n) is 2.88. The zero-order valence-electron chi connectivity index (χ0n) is 7.36. The van der Waals surface area contributed by atoms with Gasteiger partial charge in [0.2, 0.25) is 0 Å². The summed E-state index contributed by atoms with van der Waals surface area (Å²) in [7, 11) is 0. The Kier molecular flexibility index (Phi) is 2.03. The molecule has 2 aromatic rings. The number of hydrogen-bond donors (Lipinski definition) is 1. The number of nitrogens with zero attached hydrogens (tertiary/aromatic N) is 2. The van der Waals surface area contributed by atoms with Gasteiger partial charge >= 0.3 is 5.97 Å². The first-order valence-corrected chi connectivity index (χ1v) is 4.77. The molecule has 0 fully saturated rings. The SMILES string of the molecule is Cc1nc(C(=O)O)c2cccc(Br)n12. The Labute approximate surface area is 88.3 Å². The Morgan fingerprint density at radius 2 is 2.29 bits per heavy atom. The number of imidazole rings is 1. The normalized spacial score (nSPS) is 10.7. The van der Waals surface area contributed by atoms with Gasteiger partial charge in [0.05, 0.1) is 10.1 Å². The number of hydrogen-bond acceptors (Lipinski definition) is 2. The van der Waals surface area contributed by atoms with Gasteiger partial charge in [-0.2, -0.15) is 0 Å². The summed E-state index contributed by atoms with van der Waals surface area (Å²) in [6.45, 7) is 1.77. The molecule has 2 heterocycles. The van der Waals surface area contributed by atoms with Crippen LogP contribution in [-0.2, 0) is 0 Å². The predicted octanol–water partition coefficient (Wildman–Crippen LogP) is 2.10. The molecule has 0 saturated heterocycles. The molecule has 0 aromatic carbocycles. The predicted molar refractivity (Wildman–Crippen MR) is 54.6 cm³/mol. The highest BCUT2D eigenvalue weighted by Gasteiger charge is 2.15. The molecule has 0 atom stereocenters. The third-order valence-electron chi connectivity index (χ3n) is 1.98. The van der Waals surface area contributed by atoms with Gasteiger partial charge in [0, 0.05) is 0 Å². The molecule has 4 nitrogen and oxygen atoms in total. The number of carboxylic acid groups (broad SMARTS) is 1. The molecule has 0 unspecified atom stereocenters. The number of pyridine rings is 1. The Balaban J connectivity index is 2.91. The van der Waals surface area contributed by atoms with E-state index in [2.05, 4.69) is 20.9 Å². The summed E-state index contributed by atoms with van der Waals surface area (Å²) >= 11 is 3.34. The van der Waals surface area contributed by atoms with Crippen molar-refractivity contribution < 1.29 is 9.90 Å². The number of carboxylic acids is 1. The second kappa shape index (κ2) is 3.09. The van der Waals surface area contributed by atoms with E-state index in [-0.39, 0.29) is 5.69 Å². The van der Waals surface area contributed by atoms with E-state index in [1.54, 1.807) is 23.5 Å². The number of halogens is 1. The maximum absolute atomic E-state index is 10.8. The summed E-state index contributed by atoms with van der Waals surface area (Å²) in [5.74, 6) is -0.349. The van der Waals surface area contributed by atoms with Crippen molar-refractivity contribution in [2.75, 3.05) is 0 Å². The number of aromatic carboxylic acids is 1. The van der Waals surface area contributed by atoms with Gasteiger partial charge in [-0.25, -0.2) is 9.78 Å². The van der Waals surface area contributed by atoms with Crippen LogP contribution in [0.5, 0.6) is 0 Å². The van der Waals surface area contributed by atoms with E-state index in [1.165, 1.54) is 0 Å². The van der Waals surface area contributed by atoms with E-state index in [1.807, 2.05) is 6.07 Å². The average Bonchev–Trinajstić information content (AvgIpc) is 2.45. The molecule has 5 heteroatoms. The van der Waals surface area contributed by atoms with Crippen LogP contribution in [0.3, 0.4) is 0 Å². The minimum atomic E-state index is -1.01. The number of fused-ring (bicyclic) bond motifs is 1. The first-order valence-electron chi connectivity index (χ1n) is 3.98. The van der Waals surface area contributed by atoms with Crippen LogP contribution in [0.25, 0.3) is 5.52 Å². The molecule has 14 heavy (non-hydrogen) atoms. The molecule has 2 rings (SSSR count). The fourth-order valence-corrected chi connectivity index (χ4v) is 2.02. The van der Waals surface area contributed by atoms with Gasteiger partial charge in [-0.05, 0) is 35.0 Å². The largest absolute Gasteiger partial charge is 0.476 e. The van der Waals surface area contributed by atoms with Crippen LogP contribution < -0.4 is 0 Å². The molecular weight excluding hydrogens is 248 g/mol. The lowest BCUT2D eigenvalue weighted by Crippen LogP contribution is -1.97. The fourth-order valence-electron chi connectivity index (χ4n) is 1.42. The van der Waals surface area contributed by atoms with Gasteiger partial charge in [-0.3, -0.25) is 4.40 Å². The zero-order valence-corrected chi connectivity index (χ0v) is 8.95. The van der Waals surface area contributed by atoms with Crippen molar-refractivity contribution in [3.8, 4) is 0 Å². The summed E-state index contributed by atoms with van der Waals surface area (Å²) in [4.78, 5) is 14.8. The van der Waals surface area contributed by atoms with Crippen molar-refractivity contribution >= 4 is 27.4 Å². The van der Waals surface area contributed by atoms with E-state index in [9.17, 15) is 4.79 Å². The Bertz CT molecular complexity index is 519. The fraction of sp³-hybridized carbons (Fsp3) is 0.111. The highest BCUT2D eigenvalue weighted by atomic mass is 79.9. The lowest BCUT2D eigenvalue weighted by Gasteiger charge is -1.98. The van der Waals surface area contributed by atoms with Crippen molar-refractivity contribution in [3.05, 3.63) is 34.3 Å². The molecule has 72 valence electrons. The first kappa shape index (κ1) is 9.21. The van der Waals surface area contributed by atoms with E-state index in [4.69, 9.17) is 5.11 Å². The number of aryl methyl sites for hydroxylation is 1. The maximum atomic E-state index is 10.8. The van der Waals surface area contributed by atoms with Gasteiger partial charge in [-0.1, -0.05) is 6.07 Å². The monoisotopic (exact) mass is 254 g/mol. The van der Waals surface area contributed by atoms with Crippen LogP contribution in [0.4, 0.5) is 0 Å². The molecule has 0 bridgehead atoms. The minimum Gasteiger partial charge on any atom is -0.476 e. The lowest BCUT2D eigenvalue weighted by atomic mass is 10.3. The smallest absolute Gasteiger partial charge is 0.356 e. The maximum Gasteiger partial charge on any atom is 0.356 e. The van der Waals surface area contributed by atoms with E-state index < -0.39 is 5.97 Å². The van der Waals surface area contributed by atoms with Crippen LogP contribution in [0.15, 0.2) is 22.8 Å². The summed E-state index contributed by atoms with van der Waals surface area (Å²) in [6.07, 6.45) is 0. The molecule has 0 radical (unpaired) electrons. The van der Waals surface area contributed by atoms with Crippen LogP contribution in [0, 0.1) is 6.92 Å². The summed E-state index contributed by atoms with van der Waals surface area (Å²) in [5, 5.41) is 8.90. The molecule has 0 saturated carbocycles. The topological polar surface area (TPSA) is 54.6 Å². The van der Waals surface area contributed by atoms with Gasteiger partial charge in [0.25, 0.3) is 0 Å². The molecule has 0 aliphatic heterocycles. The van der Waals surface area contributed by atoms with Crippen LogP contribution in [0.2, 0.25) is 0 Å². The van der Waals surface area contributed by atoms with E-state index in [0.717, 1.165) is 4.60 Å². The number of carbonyl (C=O) groups is 1. The number of rotatable bonds is 1. The van der Waals surface area contributed by atoms with Crippen LogP contribution in [0.1, 0.15) is 16.3 Å². The zero-order chi connectivity index (χ0) is 10.3. The quantitative estimate of drug-likeness (QED) is 0.794. The van der Waals surface area contributed by atoms with Crippen molar-refractivity contribution in [2.24, 2.45) is 0 Å². The molecule has 0 amide bonds. The van der Waals surface area contributed by atoms with Gasteiger partial charge in [0.15, 0.2) is 5.69 Å². The Morgan fingerprint density at radius 1 is 1.57 bits per heavy atom. The third-order valence-corrected chi connectivity index (χ3v) is 2.60. The second-order valence-corrected chi connectivity index (χ2v) is 3.69. The molecular formula is C9H7BrN2O2. The minimum absolute atomic E-state index is 0.0869. The summed E-state index contributed by atoms with van der Waals surface area (Å²) in [5.41, 5.74) is 0.688. The first-order chi connectivity index (χ1) is 6.61. The van der Waals surface area contributed by atoms with E-state index >= 15 is 0 Å². The highest BCUT2D eigenvalue weighted by molar-refractivity contribution is 9.10. The third kappa shape index (κ3) is 1.21. The average molecular weight is 255 g/mol. The molecule has 0 aliphatic rings. The molecule has 0 spiro atoms. The Hall–Kier alpha value is -1.36. The molecule has 2 aromatic heterocycles. The molecule has 0 aliphatic carbocycles.